The maximum absolute atomic E-state index is 12.9. The van der Waals surface area contributed by atoms with E-state index in [1.165, 1.54) is 12.1 Å². The van der Waals surface area contributed by atoms with Gasteiger partial charge in [-0.15, -0.1) is 0 Å². The number of nitrogens with one attached hydrogen (secondary N) is 1. The number of benzene rings is 2. The molecule has 3 aromatic rings. The fourth-order valence-electron chi connectivity index (χ4n) is 2.44. The molecule has 3 rings (SSSR count). The van der Waals surface area contributed by atoms with E-state index in [0.29, 0.717) is 18.2 Å². The van der Waals surface area contributed by atoms with Crippen LogP contribution in [0.3, 0.4) is 0 Å². The van der Waals surface area contributed by atoms with Crippen molar-refractivity contribution in [2.24, 2.45) is 0 Å². The lowest BCUT2D eigenvalue weighted by molar-refractivity contribution is -0.123. The topological polar surface area (TPSA) is 64.1 Å². The van der Waals surface area contributed by atoms with Crippen molar-refractivity contribution in [1.82, 2.24) is 15.3 Å². The zero-order valence-corrected chi connectivity index (χ0v) is 15.0. The maximum Gasteiger partial charge on any atom is 0.258 e. The molecule has 0 fully saturated rings. The molecule has 6 heteroatoms. The normalized spacial score (nSPS) is 10.4. The summed E-state index contributed by atoms with van der Waals surface area (Å²) in [4.78, 5) is 20.9. The van der Waals surface area contributed by atoms with Gasteiger partial charge in [0, 0.05) is 23.9 Å². The first-order chi connectivity index (χ1) is 13.1. The molecule has 0 spiro atoms. The van der Waals surface area contributed by atoms with Gasteiger partial charge in [-0.05, 0) is 24.1 Å². The summed E-state index contributed by atoms with van der Waals surface area (Å²) < 4.78 is 18.4. The minimum Gasteiger partial charge on any atom is -0.467 e. The lowest BCUT2D eigenvalue weighted by Crippen LogP contribution is -2.28. The number of nitrogens with zero attached hydrogens (tertiary/aromatic N) is 2. The summed E-state index contributed by atoms with van der Waals surface area (Å²) in [5.74, 6) is 0.338. The molecular weight excluding hydrogens is 345 g/mol. The molecule has 5 nitrogen and oxygen atoms in total. The summed E-state index contributed by atoms with van der Waals surface area (Å²) in [5, 5.41) is 2.73. The minimum atomic E-state index is -0.307. The summed E-state index contributed by atoms with van der Waals surface area (Å²) in [5.41, 5.74) is 2.54. The first-order valence-electron chi connectivity index (χ1n) is 8.71. The van der Waals surface area contributed by atoms with Crippen LogP contribution in [0.5, 0.6) is 5.88 Å². The molecule has 0 aliphatic heterocycles. The van der Waals surface area contributed by atoms with E-state index >= 15 is 0 Å². The van der Waals surface area contributed by atoms with Crippen LogP contribution in [0.1, 0.15) is 18.2 Å². The van der Waals surface area contributed by atoms with Crippen molar-refractivity contribution < 1.29 is 13.9 Å². The number of hydrogen-bond acceptors (Lipinski definition) is 4. The molecule has 2 aromatic carbocycles. The van der Waals surface area contributed by atoms with Crippen LogP contribution in [0.15, 0.2) is 60.7 Å². The molecule has 138 valence electrons. The Bertz CT molecular complexity index is 899. The first-order valence-corrected chi connectivity index (χ1v) is 8.71. The van der Waals surface area contributed by atoms with Crippen molar-refractivity contribution >= 4 is 5.91 Å². The molecule has 0 saturated carbocycles. The van der Waals surface area contributed by atoms with Gasteiger partial charge in [0.1, 0.15) is 5.82 Å². The summed E-state index contributed by atoms with van der Waals surface area (Å²) in [6, 6.07) is 17.3. The van der Waals surface area contributed by atoms with Crippen LogP contribution in [-0.2, 0) is 17.8 Å². The average Bonchev–Trinajstić information content (AvgIpc) is 2.72. The number of ether oxygens (including phenoxy) is 1. The SMILES string of the molecule is CCc1cc(OCC(=O)NCc2ccc(F)cc2)nc(-c2ccccc2)n1. The van der Waals surface area contributed by atoms with Gasteiger partial charge in [-0.3, -0.25) is 4.79 Å². The second kappa shape index (κ2) is 8.89. The molecule has 0 bridgehead atoms. The molecule has 1 amide bonds. The zero-order chi connectivity index (χ0) is 19.1. The third-order valence-electron chi connectivity index (χ3n) is 3.90. The third-order valence-corrected chi connectivity index (χ3v) is 3.90. The molecule has 0 saturated heterocycles. The Hall–Kier alpha value is -3.28. The highest BCUT2D eigenvalue weighted by Gasteiger charge is 2.09. The molecule has 1 N–H and O–H groups in total. The molecule has 0 atom stereocenters. The Morgan fingerprint density at radius 3 is 2.52 bits per heavy atom. The van der Waals surface area contributed by atoms with E-state index in [9.17, 15) is 9.18 Å². The summed E-state index contributed by atoms with van der Waals surface area (Å²) in [6.07, 6.45) is 0.732. The number of carbonyl (C=O) groups excluding carboxylic acids is 1. The van der Waals surface area contributed by atoms with Crippen LogP contribution in [0.4, 0.5) is 4.39 Å². The van der Waals surface area contributed by atoms with E-state index in [1.807, 2.05) is 37.3 Å². The van der Waals surface area contributed by atoms with Gasteiger partial charge >= 0.3 is 0 Å². The molecule has 0 unspecified atom stereocenters. The quantitative estimate of drug-likeness (QED) is 0.696. The Kier molecular flexibility index (Phi) is 6.10. The Balaban J connectivity index is 1.61. The van der Waals surface area contributed by atoms with Gasteiger partial charge in [0.05, 0.1) is 0 Å². The highest BCUT2D eigenvalue weighted by atomic mass is 19.1. The van der Waals surface area contributed by atoms with Crippen LogP contribution < -0.4 is 10.1 Å². The maximum atomic E-state index is 12.9. The van der Waals surface area contributed by atoms with Gasteiger partial charge in [-0.1, -0.05) is 49.4 Å². The van der Waals surface area contributed by atoms with Crippen LogP contribution in [0, 0.1) is 5.82 Å². The van der Waals surface area contributed by atoms with E-state index in [0.717, 1.165) is 23.2 Å². The molecule has 0 radical (unpaired) electrons. The molecule has 27 heavy (non-hydrogen) atoms. The van der Waals surface area contributed by atoms with Crippen LogP contribution in [-0.4, -0.2) is 22.5 Å². The molecule has 1 heterocycles. The lowest BCUT2D eigenvalue weighted by Gasteiger charge is -2.10. The van der Waals surface area contributed by atoms with Gasteiger partial charge in [0.2, 0.25) is 5.88 Å². The van der Waals surface area contributed by atoms with Gasteiger partial charge in [0.25, 0.3) is 5.91 Å². The van der Waals surface area contributed by atoms with E-state index < -0.39 is 0 Å². The number of amides is 1. The van der Waals surface area contributed by atoms with Crippen molar-refractivity contribution in [2.75, 3.05) is 6.61 Å². The van der Waals surface area contributed by atoms with E-state index in [1.54, 1.807) is 18.2 Å². The van der Waals surface area contributed by atoms with Crippen LogP contribution >= 0.6 is 0 Å². The Morgan fingerprint density at radius 2 is 1.81 bits per heavy atom. The predicted octanol–water partition coefficient (Wildman–Crippen LogP) is 3.54. The van der Waals surface area contributed by atoms with Crippen molar-refractivity contribution in [2.45, 2.75) is 19.9 Å². The fourth-order valence-corrected chi connectivity index (χ4v) is 2.44. The van der Waals surface area contributed by atoms with Crippen molar-refractivity contribution in [3.8, 4) is 17.3 Å². The van der Waals surface area contributed by atoms with Gasteiger partial charge in [-0.2, -0.15) is 4.98 Å². The van der Waals surface area contributed by atoms with Crippen LogP contribution in [0.25, 0.3) is 11.4 Å². The largest absolute Gasteiger partial charge is 0.467 e. The fraction of sp³-hybridized carbons (Fsp3) is 0.190. The Morgan fingerprint density at radius 1 is 1.07 bits per heavy atom. The molecule has 0 aliphatic carbocycles. The minimum absolute atomic E-state index is 0.157. The standard InChI is InChI=1S/C21H20FN3O2/c1-2-18-12-20(25-21(24-18)16-6-4-3-5-7-16)27-14-19(26)23-13-15-8-10-17(22)11-9-15/h3-12H,2,13-14H2,1H3,(H,23,26). The summed E-state index contributed by atoms with van der Waals surface area (Å²) >= 11 is 0. The molecule has 1 aromatic heterocycles. The number of hydrogen-bond donors (Lipinski definition) is 1. The number of aryl methyl sites for hydroxylation is 1. The van der Waals surface area contributed by atoms with Crippen molar-refractivity contribution in [3.05, 3.63) is 77.7 Å². The third kappa shape index (κ3) is 5.34. The monoisotopic (exact) mass is 365 g/mol. The number of rotatable bonds is 7. The number of halogens is 1. The Labute approximate surface area is 157 Å². The number of carbonyl (C=O) groups is 1. The van der Waals surface area contributed by atoms with Gasteiger partial charge < -0.3 is 10.1 Å². The predicted molar refractivity (Wildman–Crippen MR) is 101 cm³/mol. The van der Waals surface area contributed by atoms with Crippen molar-refractivity contribution in [1.29, 1.82) is 0 Å². The first kappa shape index (κ1) is 18.5. The van der Waals surface area contributed by atoms with E-state index in [4.69, 9.17) is 4.74 Å². The second-order valence-electron chi connectivity index (χ2n) is 5.93. The zero-order valence-electron chi connectivity index (χ0n) is 15.0. The smallest absolute Gasteiger partial charge is 0.258 e. The molecule has 0 aliphatic rings. The highest BCUT2D eigenvalue weighted by molar-refractivity contribution is 5.77. The van der Waals surface area contributed by atoms with Crippen LogP contribution in [0.2, 0.25) is 0 Å². The van der Waals surface area contributed by atoms with E-state index in [2.05, 4.69) is 15.3 Å². The van der Waals surface area contributed by atoms with Gasteiger partial charge in [-0.25, -0.2) is 9.37 Å². The number of aromatic nitrogens is 2. The van der Waals surface area contributed by atoms with Gasteiger partial charge in [0.15, 0.2) is 12.4 Å². The highest BCUT2D eigenvalue weighted by Crippen LogP contribution is 2.19. The van der Waals surface area contributed by atoms with Crippen molar-refractivity contribution in [3.63, 3.8) is 0 Å². The lowest BCUT2D eigenvalue weighted by atomic mass is 10.2. The second-order valence-corrected chi connectivity index (χ2v) is 5.93. The average molecular weight is 365 g/mol. The molecular formula is C21H20FN3O2. The summed E-state index contributed by atoms with van der Waals surface area (Å²) in [7, 11) is 0. The summed E-state index contributed by atoms with van der Waals surface area (Å²) in [6.45, 7) is 2.15. The van der Waals surface area contributed by atoms with E-state index in [-0.39, 0.29) is 18.3 Å².